The van der Waals surface area contributed by atoms with Crippen LogP contribution in [-0.4, -0.2) is 34.1 Å². The highest BCUT2D eigenvalue weighted by Crippen LogP contribution is 2.61. The van der Waals surface area contributed by atoms with Gasteiger partial charge in [-0.2, -0.15) is 0 Å². The van der Waals surface area contributed by atoms with Crippen molar-refractivity contribution < 1.29 is 14.5 Å². The standard InChI is InChI=1S/C27H22BrN3O4/c28-18-10-13-21-20(15-18)27(26(33)29-21)24(25(32)17-5-2-1-3-6-17)23(22-7-4-14-30(22)27)16-8-11-19(12-9-16)31(34)35/h1-3,5-6,8-13,15,22-24H,4,7,14H2,(H,29,33)/t22?,23?,24?,27-/m1/s1. The average molecular weight is 532 g/mol. The molecule has 0 saturated carbocycles. The molecule has 4 atom stereocenters. The average Bonchev–Trinajstić information content (AvgIpc) is 3.53. The molecular formula is C27H22BrN3O4. The summed E-state index contributed by atoms with van der Waals surface area (Å²) in [6.07, 6.45) is 1.76. The van der Waals surface area contributed by atoms with E-state index in [2.05, 4.69) is 26.1 Å². The smallest absolute Gasteiger partial charge is 0.269 e. The molecule has 2 saturated heterocycles. The fourth-order valence-corrected chi connectivity index (χ4v) is 6.87. The van der Waals surface area contributed by atoms with Crippen molar-refractivity contribution in [2.24, 2.45) is 5.92 Å². The second-order valence-corrected chi connectivity index (χ2v) is 10.3. The van der Waals surface area contributed by atoms with Crippen molar-refractivity contribution in [1.29, 1.82) is 0 Å². The second-order valence-electron chi connectivity index (χ2n) is 9.40. The van der Waals surface area contributed by atoms with Gasteiger partial charge in [0.05, 0.1) is 10.8 Å². The van der Waals surface area contributed by atoms with Gasteiger partial charge < -0.3 is 5.32 Å². The number of non-ortho nitro benzene ring substituents is 1. The molecule has 0 aromatic heterocycles. The number of nitrogens with zero attached hydrogens (tertiary/aromatic N) is 2. The molecule has 2 fully saturated rings. The van der Waals surface area contributed by atoms with Gasteiger partial charge in [-0.3, -0.25) is 24.6 Å². The summed E-state index contributed by atoms with van der Waals surface area (Å²) in [7, 11) is 0. The number of benzene rings is 3. The summed E-state index contributed by atoms with van der Waals surface area (Å²) in [5, 5.41) is 14.3. The largest absolute Gasteiger partial charge is 0.324 e. The first-order valence-electron chi connectivity index (χ1n) is 11.6. The third-order valence-electron chi connectivity index (χ3n) is 7.79. The minimum Gasteiger partial charge on any atom is -0.324 e. The van der Waals surface area contributed by atoms with Crippen molar-refractivity contribution in [1.82, 2.24) is 4.90 Å². The van der Waals surface area contributed by atoms with Crippen LogP contribution in [0.4, 0.5) is 11.4 Å². The van der Waals surface area contributed by atoms with E-state index in [1.54, 1.807) is 24.3 Å². The summed E-state index contributed by atoms with van der Waals surface area (Å²) < 4.78 is 0.840. The maximum absolute atomic E-state index is 14.3. The molecule has 0 aliphatic carbocycles. The highest BCUT2D eigenvalue weighted by atomic mass is 79.9. The molecule has 3 aromatic rings. The normalized spacial score (nSPS) is 27.0. The summed E-state index contributed by atoms with van der Waals surface area (Å²) in [5.41, 5.74) is 1.78. The number of rotatable bonds is 4. The Balaban J connectivity index is 1.60. The number of anilines is 1. The molecule has 3 heterocycles. The van der Waals surface area contributed by atoms with Crippen LogP contribution in [0.1, 0.15) is 40.2 Å². The van der Waals surface area contributed by atoms with E-state index in [4.69, 9.17) is 0 Å². The van der Waals surface area contributed by atoms with E-state index >= 15 is 0 Å². The second kappa shape index (κ2) is 8.10. The number of amides is 1. The van der Waals surface area contributed by atoms with E-state index in [0.29, 0.717) is 12.1 Å². The Kier molecular flexibility index (Phi) is 5.12. The van der Waals surface area contributed by atoms with Crippen molar-refractivity contribution in [3.05, 3.63) is 104 Å². The van der Waals surface area contributed by atoms with E-state index in [1.165, 1.54) is 12.1 Å². The fourth-order valence-electron chi connectivity index (χ4n) is 6.51. The molecule has 3 aliphatic rings. The number of halogens is 1. The fraction of sp³-hybridized carbons (Fsp3) is 0.259. The summed E-state index contributed by atoms with van der Waals surface area (Å²) in [6.45, 7) is 0.700. The third-order valence-corrected chi connectivity index (χ3v) is 8.29. The zero-order chi connectivity index (χ0) is 24.3. The third kappa shape index (κ3) is 3.13. The lowest BCUT2D eigenvalue weighted by atomic mass is 9.69. The van der Waals surface area contributed by atoms with Gasteiger partial charge in [-0.15, -0.1) is 0 Å². The molecule has 0 radical (unpaired) electrons. The maximum atomic E-state index is 14.3. The SMILES string of the molecule is O=C(c1ccccc1)C1C(c2ccc([N+](=O)[O-])cc2)C2CCCN2[C@@]12C(=O)Nc1ccc(Br)cc12. The number of hydrogen-bond donors (Lipinski definition) is 1. The van der Waals surface area contributed by atoms with Crippen LogP contribution in [0.5, 0.6) is 0 Å². The van der Waals surface area contributed by atoms with Gasteiger partial charge in [0, 0.05) is 45.4 Å². The molecule has 6 rings (SSSR count). The van der Waals surface area contributed by atoms with E-state index in [0.717, 1.165) is 34.1 Å². The Hall–Kier alpha value is -3.36. The highest BCUT2D eigenvalue weighted by molar-refractivity contribution is 9.10. The number of carbonyl (C=O) groups excluding carboxylic acids is 2. The zero-order valence-electron chi connectivity index (χ0n) is 18.7. The lowest BCUT2D eigenvalue weighted by Crippen LogP contribution is -2.52. The van der Waals surface area contributed by atoms with Crippen LogP contribution in [0.15, 0.2) is 77.3 Å². The topological polar surface area (TPSA) is 92.5 Å². The van der Waals surface area contributed by atoms with Gasteiger partial charge in [0.25, 0.3) is 5.69 Å². The quantitative estimate of drug-likeness (QED) is 0.281. The van der Waals surface area contributed by atoms with Crippen LogP contribution in [0.25, 0.3) is 0 Å². The summed E-state index contributed by atoms with van der Waals surface area (Å²) in [6, 6.07) is 21.3. The van der Waals surface area contributed by atoms with Gasteiger partial charge in [0.15, 0.2) is 5.78 Å². The van der Waals surface area contributed by atoms with E-state index in [9.17, 15) is 19.7 Å². The van der Waals surface area contributed by atoms with Crippen molar-refractivity contribution in [2.45, 2.75) is 30.3 Å². The van der Waals surface area contributed by atoms with Gasteiger partial charge in [-0.05, 0) is 43.1 Å². The molecule has 3 unspecified atom stereocenters. The molecule has 0 bridgehead atoms. The minimum atomic E-state index is -1.15. The maximum Gasteiger partial charge on any atom is 0.269 e. The summed E-state index contributed by atoms with van der Waals surface area (Å²) in [4.78, 5) is 41.4. The van der Waals surface area contributed by atoms with Crippen LogP contribution in [0.2, 0.25) is 0 Å². The van der Waals surface area contributed by atoms with Crippen molar-refractivity contribution in [3.63, 3.8) is 0 Å². The molecular weight excluding hydrogens is 510 g/mol. The number of fused-ring (bicyclic) bond motifs is 4. The number of Topliss-reactive ketones (excluding diaryl/α,β-unsaturated/α-hetero) is 1. The van der Waals surface area contributed by atoms with Crippen LogP contribution in [-0.2, 0) is 10.3 Å². The number of nitro benzene ring substituents is 1. The Morgan fingerprint density at radius 2 is 1.83 bits per heavy atom. The predicted octanol–water partition coefficient (Wildman–Crippen LogP) is 5.27. The highest BCUT2D eigenvalue weighted by Gasteiger charge is 2.69. The first kappa shape index (κ1) is 22.1. The number of nitrogens with one attached hydrogen (secondary N) is 1. The molecule has 1 spiro atoms. The Morgan fingerprint density at radius 1 is 1.09 bits per heavy atom. The number of hydrogen-bond acceptors (Lipinski definition) is 5. The molecule has 7 nitrogen and oxygen atoms in total. The first-order chi connectivity index (χ1) is 16.9. The van der Waals surface area contributed by atoms with Crippen molar-refractivity contribution in [3.8, 4) is 0 Å². The van der Waals surface area contributed by atoms with E-state index in [1.807, 2.05) is 36.4 Å². The number of ketones is 1. The molecule has 1 N–H and O–H groups in total. The van der Waals surface area contributed by atoms with Crippen LogP contribution < -0.4 is 5.32 Å². The molecule has 3 aromatic carbocycles. The molecule has 1 amide bonds. The Bertz CT molecular complexity index is 1360. The monoisotopic (exact) mass is 531 g/mol. The van der Waals surface area contributed by atoms with Gasteiger partial charge >= 0.3 is 0 Å². The van der Waals surface area contributed by atoms with Gasteiger partial charge in [0.2, 0.25) is 5.91 Å². The minimum absolute atomic E-state index is 0.00330. The van der Waals surface area contributed by atoms with Gasteiger partial charge in [-0.25, -0.2) is 0 Å². The van der Waals surface area contributed by atoms with E-state index < -0.39 is 16.4 Å². The van der Waals surface area contributed by atoms with Crippen molar-refractivity contribution in [2.75, 3.05) is 11.9 Å². The zero-order valence-corrected chi connectivity index (χ0v) is 20.3. The van der Waals surface area contributed by atoms with Gasteiger partial charge in [0.1, 0.15) is 5.54 Å². The van der Waals surface area contributed by atoms with E-state index in [-0.39, 0.29) is 29.3 Å². The number of carbonyl (C=O) groups is 2. The van der Waals surface area contributed by atoms with Crippen molar-refractivity contribution >= 4 is 39.0 Å². The van der Waals surface area contributed by atoms with Gasteiger partial charge in [-0.1, -0.05) is 58.4 Å². The molecule has 35 heavy (non-hydrogen) atoms. The number of nitro groups is 1. The summed E-state index contributed by atoms with van der Waals surface area (Å²) in [5.74, 6) is -1.25. The Labute approximate surface area is 210 Å². The lowest BCUT2D eigenvalue weighted by molar-refractivity contribution is -0.384. The van der Waals surface area contributed by atoms with Crippen LogP contribution >= 0.6 is 15.9 Å². The lowest BCUT2D eigenvalue weighted by Gasteiger charge is -2.37. The first-order valence-corrected chi connectivity index (χ1v) is 12.4. The van der Waals surface area contributed by atoms with Crippen LogP contribution in [0, 0.1) is 16.0 Å². The molecule has 8 heteroatoms. The summed E-state index contributed by atoms with van der Waals surface area (Å²) >= 11 is 3.56. The predicted molar refractivity (Wildman–Crippen MR) is 134 cm³/mol. The Morgan fingerprint density at radius 3 is 2.54 bits per heavy atom. The van der Waals surface area contributed by atoms with Crippen LogP contribution in [0.3, 0.4) is 0 Å². The molecule has 176 valence electrons. The molecule has 3 aliphatic heterocycles.